The van der Waals surface area contributed by atoms with E-state index in [0.29, 0.717) is 17.8 Å². The molecule has 0 amide bonds. The topological polar surface area (TPSA) is 58.3 Å². The number of hydrogen-bond donors (Lipinski definition) is 3. The summed E-state index contributed by atoms with van der Waals surface area (Å²) >= 11 is 0. The van der Waals surface area contributed by atoms with Gasteiger partial charge in [-0.15, -0.1) is 0 Å². The standard InChI is InChI=1S/C13H20N2O/c1-9-7-12(16)5-6-13(9)15-11-4-2-3-10(14)8-11/h5-7,10-11,15-16H,2-4,8,14H2,1H3. The van der Waals surface area contributed by atoms with Crippen LogP contribution in [-0.4, -0.2) is 17.2 Å². The molecule has 2 rings (SSSR count). The van der Waals surface area contributed by atoms with Gasteiger partial charge in [0.15, 0.2) is 0 Å². The first-order valence-electron chi connectivity index (χ1n) is 5.97. The summed E-state index contributed by atoms with van der Waals surface area (Å²) < 4.78 is 0. The van der Waals surface area contributed by atoms with Crippen LogP contribution < -0.4 is 11.1 Å². The molecule has 4 N–H and O–H groups in total. The Labute approximate surface area is 96.7 Å². The molecule has 0 aliphatic heterocycles. The molecule has 1 aromatic carbocycles. The Morgan fingerprint density at radius 3 is 2.88 bits per heavy atom. The molecule has 2 atom stereocenters. The van der Waals surface area contributed by atoms with Gasteiger partial charge in [0.05, 0.1) is 0 Å². The lowest BCUT2D eigenvalue weighted by atomic mass is 9.91. The Kier molecular flexibility index (Phi) is 3.34. The molecule has 0 bridgehead atoms. The third-order valence-corrected chi connectivity index (χ3v) is 3.28. The number of hydrogen-bond acceptors (Lipinski definition) is 3. The van der Waals surface area contributed by atoms with Gasteiger partial charge in [0.2, 0.25) is 0 Å². The minimum Gasteiger partial charge on any atom is -0.508 e. The number of nitrogens with two attached hydrogens (primary N) is 1. The van der Waals surface area contributed by atoms with Crippen LogP contribution >= 0.6 is 0 Å². The first-order chi connectivity index (χ1) is 7.65. The van der Waals surface area contributed by atoms with Crippen LogP contribution in [0.25, 0.3) is 0 Å². The lowest BCUT2D eigenvalue weighted by Crippen LogP contribution is -2.35. The van der Waals surface area contributed by atoms with E-state index >= 15 is 0 Å². The number of phenolic OH excluding ortho intramolecular Hbond substituents is 1. The van der Waals surface area contributed by atoms with Crippen molar-refractivity contribution in [2.45, 2.75) is 44.7 Å². The lowest BCUT2D eigenvalue weighted by Gasteiger charge is -2.28. The number of phenols is 1. The molecule has 2 unspecified atom stereocenters. The summed E-state index contributed by atoms with van der Waals surface area (Å²) in [5.41, 5.74) is 8.15. The van der Waals surface area contributed by atoms with E-state index in [2.05, 4.69) is 5.32 Å². The zero-order chi connectivity index (χ0) is 11.5. The molecule has 1 fully saturated rings. The molecule has 1 aliphatic rings. The van der Waals surface area contributed by atoms with Crippen molar-refractivity contribution < 1.29 is 5.11 Å². The Bertz CT molecular complexity index is 365. The van der Waals surface area contributed by atoms with Crippen LogP contribution in [0, 0.1) is 6.92 Å². The number of rotatable bonds is 2. The maximum absolute atomic E-state index is 9.34. The number of aromatic hydroxyl groups is 1. The number of nitrogens with one attached hydrogen (secondary N) is 1. The van der Waals surface area contributed by atoms with Crippen LogP contribution in [0.5, 0.6) is 5.75 Å². The molecule has 0 saturated heterocycles. The smallest absolute Gasteiger partial charge is 0.115 e. The van der Waals surface area contributed by atoms with Crippen molar-refractivity contribution in [3.63, 3.8) is 0 Å². The van der Waals surface area contributed by atoms with E-state index in [1.807, 2.05) is 13.0 Å². The highest BCUT2D eigenvalue weighted by molar-refractivity contribution is 5.53. The largest absolute Gasteiger partial charge is 0.508 e. The van der Waals surface area contributed by atoms with Gasteiger partial charge >= 0.3 is 0 Å². The molecule has 3 heteroatoms. The molecular weight excluding hydrogens is 200 g/mol. The van der Waals surface area contributed by atoms with Crippen molar-refractivity contribution in [1.29, 1.82) is 0 Å². The van der Waals surface area contributed by atoms with Gasteiger partial charge in [0.1, 0.15) is 5.75 Å². The summed E-state index contributed by atoms with van der Waals surface area (Å²) in [7, 11) is 0. The number of benzene rings is 1. The fraction of sp³-hybridized carbons (Fsp3) is 0.538. The average molecular weight is 220 g/mol. The Morgan fingerprint density at radius 1 is 1.38 bits per heavy atom. The molecule has 0 radical (unpaired) electrons. The van der Waals surface area contributed by atoms with Crippen LogP contribution in [0.2, 0.25) is 0 Å². The summed E-state index contributed by atoms with van der Waals surface area (Å²) in [6, 6.07) is 6.25. The Morgan fingerprint density at radius 2 is 2.19 bits per heavy atom. The molecular formula is C13H20N2O. The minimum absolute atomic E-state index is 0.323. The van der Waals surface area contributed by atoms with Crippen molar-refractivity contribution >= 4 is 5.69 Å². The minimum atomic E-state index is 0.323. The van der Waals surface area contributed by atoms with Crippen LogP contribution in [0.15, 0.2) is 18.2 Å². The van der Waals surface area contributed by atoms with Gasteiger partial charge in [-0.3, -0.25) is 0 Å². The van der Waals surface area contributed by atoms with Crippen LogP contribution in [0.1, 0.15) is 31.2 Å². The van der Waals surface area contributed by atoms with Gasteiger partial charge in [0.25, 0.3) is 0 Å². The quantitative estimate of drug-likeness (QED) is 0.671. The van der Waals surface area contributed by atoms with Gasteiger partial charge in [-0.25, -0.2) is 0 Å². The van der Waals surface area contributed by atoms with Crippen molar-refractivity contribution in [3.05, 3.63) is 23.8 Å². The van der Waals surface area contributed by atoms with E-state index in [1.54, 1.807) is 12.1 Å². The molecule has 0 heterocycles. The summed E-state index contributed by atoms with van der Waals surface area (Å²) in [6.45, 7) is 2.00. The van der Waals surface area contributed by atoms with E-state index in [0.717, 1.165) is 24.1 Å². The summed E-state index contributed by atoms with van der Waals surface area (Å²) in [5.74, 6) is 0.323. The molecule has 16 heavy (non-hydrogen) atoms. The maximum atomic E-state index is 9.34. The molecule has 1 aromatic rings. The van der Waals surface area contributed by atoms with E-state index in [9.17, 15) is 5.11 Å². The SMILES string of the molecule is Cc1cc(O)ccc1NC1CCCC(N)C1. The number of anilines is 1. The second-order valence-electron chi connectivity index (χ2n) is 4.77. The van der Waals surface area contributed by atoms with Crippen molar-refractivity contribution in [2.24, 2.45) is 5.73 Å². The average Bonchev–Trinajstić information content (AvgIpc) is 2.22. The van der Waals surface area contributed by atoms with Gasteiger partial charge in [-0.05, 0) is 56.4 Å². The third kappa shape index (κ3) is 2.67. The summed E-state index contributed by atoms with van der Waals surface area (Å²) in [6.07, 6.45) is 4.58. The molecule has 1 saturated carbocycles. The van der Waals surface area contributed by atoms with Crippen molar-refractivity contribution in [3.8, 4) is 5.75 Å². The fourth-order valence-corrected chi connectivity index (χ4v) is 2.39. The van der Waals surface area contributed by atoms with Crippen molar-refractivity contribution in [2.75, 3.05) is 5.32 Å². The van der Waals surface area contributed by atoms with Crippen LogP contribution in [0.4, 0.5) is 5.69 Å². The Hall–Kier alpha value is -1.22. The lowest BCUT2D eigenvalue weighted by molar-refractivity contribution is 0.409. The van der Waals surface area contributed by atoms with E-state index in [-0.39, 0.29) is 0 Å². The van der Waals surface area contributed by atoms with E-state index < -0.39 is 0 Å². The van der Waals surface area contributed by atoms with Gasteiger partial charge < -0.3 is 16.2 Å². The van der Waals surface area contributed by atoms with E-state index in [1.165, 1.54) is 12.8 Å². The van der Waals surface area contributed by atoms with E-state index in [4.69, 9.17) is 5.73 Å². The monoisotopic (exact) mass is 220 g/mol. The highest BCUT2D eigenvalue weighted by Crippen LogP contribution is 2.25. The second-order valence-corrected chi connectivity index (χ2v) is 4.77. The summed E-state index contributed by atoms with van der Waals surface area (Å²) in [5, 5.41) is 12.9. The third-order valence-electron chi connectivity index (χ3n) is 3.28. The highest BCUT2D eigenvalue weighted by Gasteiger charge is 2.19. The Balaban J connectivity index is 2.02. The summed E-state index contributed by atoms with van der Waals surface area (Å²) in [4.78, 5) is 0. The second kappa shape index (κ2) is 4.74. The van der Waals surface area contributed by atoms with Gasteiger partial charge in [-0.1, -0.05) is 0 Å². The van der Waals surface area contributed by atoms with Crippen molar-refractivity contribution in [1.82, 2.24) is 0 Å². The molecule has 3 nitrogen and oxygen atoms in total. The zero-order valence-electron chi connectivity index (χ0n) is 9.74. The highest BCUT2D eigenvalue weighted by atomic mass is 16.3. The first-order valence-corrected chi connectivity index (χ1v) is 5.97. The number of aryl methyl sites for hydroxylation is 1. The predicted molar refractivity (Wildman–Crippen MR) is 66.7 cm³/mol. The van der Waals surface area contributed by atoms with Gasteiger partial charge in [0, 0.05) is 17.8 Å². The molecule has 0 spiro atoms. The molecule has 0 aromatic heterocycles. The predicted octanol–water partition coefficient (Wildman–Crippen LogP) is 2.38. The van der Waals surface area contributed by atoms with Gasteiger partial charge in [-0.2, -0.15) is 0 Å². The zero-order valence-corrected chi connectivity index (χ0v) is 9.74. The normalized spacial score (nSPS) is 25.4. The molecule has 88 valence electrons. The van der Waals surface area contributed by atoms with Crippen LogP contribution in [0.3, 0.4) is 0 Å². The van der Waals surface area contributed by atoms with Crippen LogP contribution in [-0.2, 0) is 0 Å². The molecule has 1 aliphatic carbocycles. The fourth-order valence-electron chi connectivity index (χ4n) is 2.39. The first kappa shape index (κ1) is 11.3. The maximum Gasteiger partial charge on any atom is 0.115 e.